The minimum atomic E-state index is -0.0859. The number of nitrogens with zero attached hydrogens (tertiary/aromatic N) is 3. The fraction of sp³-hybridized carbons (Fsp3) is 0.733. The summed E-state index contributed by atoms with van der Waals surface area (Å²) < 4.78 is 7.71. The van der Waals surface area contributed by atoms with Gasteiger partial charge in [-0.1, -0.05) is 0 Å². The van der Waals surface area contributed by atoms with Crippen LogP contribution in [0.3, 0.4) is 0 Å². The van der Waals surface area contributed by atoms with Gasteiger partial charge in [0.15, 0.2) is 5.96 Å². The molecule has 0 saturated carbocycles. The van der Waals surface area contributed by atoms with E-state index in [1.165, 1.54) is 0 Å². The molecule has 1 aromatic heterocycles. The second-order valence-corrected chi connectivity index (χ2v) is 5.65. The maximum atomic E-state index is 5.77. The van der Waals surface area contributed by atoms with Crippen LogP contribution in [0, 0.1) is 0 Å². The monoisotopic (exact) mass is 421 g/mol. The third-order valence-electron chi connectivity index (χ3n) is 3.63. The minimum absolute atomic E-state index is 0. The Balaban J connectivity index is 0.00000242. The summed E-state index contributed by atoms with van der Waals surface area (Å²) in [6.07, 6.45) is 7.04. The smallest absolute Gasteiger partial charge is 0.191 e. The van der Waals surface area contributed by atoms with E-state index in [0.717, 1.165) is 51.5 Å². The first kappa shape index (κ1) is 19.2. The van der Waals surface area contributed by atoms with Crippen molar-refractivity contribution in [3.05, 3.63) is 18.5 Å². The minimum Gasteiger partial charge on any atom is -0.373 e. The third kappa shape index (κ3) is 6.51. The van der Waals surface area contributed by atoms with Gasteiger partial charge in [0.1, 0.15) is 0 Å². The molecule has 1 saturated heterocycles. The van der Waals surface area contributed by atoms with Crippen molar-refractivity contribution in [2.24, 2.45) is 4.99 Å². The normalized spacial score (nSPS) is 21.5. The fourth-order valence-corrected chi connectivity index (χ4v) is 2.43. The Kier molecular flexibility index (Phi) is 8.77. The van der Waals surface area contributed by atoms with Crippen molar-refractivity contribution in [1.82, 2.24) is 20.4 Å². The highest BCUT2D eigenvalue weighted by atomic mass is 127. The summed E-state index contributed by atoms with van der Waals surface area (Å²) in [5, 5.41) is 10.8. The van der Waals surface area contributed by atoms with Gasteiger partial charge < -0.3 is 15.4 Å². The van der Waals surface area contributed by atoms with Gasteiger partial charge in [0.25, 0.3) is 0 Å². The molecule has 2 heterocycles. The zero-order chi connectivity index (χ0) is 15.0. The second-order valence-electron chi connectivity index (χ2n) is 5.65. The molecule has 7 heteroatoms. The Morgan fingerprint density at radius 2 is 2.32 bits per heavy atom. The molecule has 1 atom stereocenters. The van der Waals surface area contributed by atoms with Crippen LogP contribution in [0.2, 0.25) is 0 Å². The zero-order valence-corrected chi connectivity index (χ0v) is 15.9. The molecule has 1 aliphatic rings. The largest absolute Gasteiger partial charge is 0.373 e. The number of nitrogens with one attached hydrogen (secondary N) is 2. The summed E-state index contributed by atoms with van der Waals surface area (Å²) in [4.78, 5) is 4.65. The van der Waals surface area contributed by atoms with Gasteiger partial charge in [-0.15, -0.1) is 24.0 Å². The van der Waals surface area contributed by atoms with Gasteiger partial charge in [-0.05, 0) is 39.2 Å². The number of aromatic nitrogens is 2. The van der Waals surface area contributed by atoms with E-state index < -0.39 is 0 Å². The van der Waals surface area contributed by atoms with Gasteiger partial charge >= 0.3 is 0 Å². The predicted octanol–water partition coefficient (Wildman–Crippen LogP) is 2.02. The topological polar surface area (TPSA) is 63.5 Å². The van der Waals surface area contributed by atoms with Crippen molar-refractivity contribution in [1.29, 1.82) is 0 Å². The maximum Gasteiger partial charge on any atom is 0.191 e. The Morgan fingerprint density at radius 1 is 1.45 bits per heavy atom. The van der Waals surface area contributed by atoms with E-state index in [-0.39, 0.29) is 29.6 Å². The van der Waals surface area contributed by atoms with Crippen LogP contribution in [0.1, 0.15) is 33.1 Å². The summed E-state index contributed by atoms with van der Waals surface area (Å²) in [6, 6.07) is 1.95. The van der Waals surface area contributed by atoms with Crippen LogP contribution in [0.4, 0.5) is 0 Å². The number of guanidine groups is 1. The molecule has 0 aromatic carbocycles. The fourth-order valence-electron chi connectivity index (χ4n) is 2.43. The molecule has 22 heavy (non-hydrogen) atoms. The first-order valence-corrected chi connectivity index (χ1v) is 7.85. The van der Waals surface area contributed by atoms with Crippen LogP contribution < -0.4 is 10.6 Å². The number of ether oxygens (including phenoxy) is 1. The number of rotatable bonds is 7. The lowest BCUT2D eigenvalue weighted by Gasteiger charge is -2.21. The number of halogens is 1. The lowest BCUT2D eigenvalue weighted by Crippen LogP contribution is -2.39. The highest BCUT2D eigenvalue weighted by Gasteiger charge is 2.29. The molecule has 6 nitrogen and oxygen atoms in total. The number of hydrogen-bond donors (Lipinski definition) is 2. The summed E-state index contributed by atoms with van der Waals surface area (Å²) in [5.41, 5.74) is -0.0859. The molecular formula is C15H28IN5O. The van der Waals surface area contributed by atoms with Crippen LogP contribution in [-0.2, 0) is 11.3 Å². The number of hydrogen-bond acceptors (Lipinski definition) is 3. The SMILES string of the molecule is CCNC(=NCC1(C)CCCO1)NCCCn1cccn1.I. The molecule has 0 aliphatic carbocycles. The van der Waals surface area contributed by atoms with Crippen LogP contribution in [0.15, 0.2) is 23.5 Å². The Morgan fingerprint density at radius 3 is 2.95 bits per heavy atom. The van der Waals surface area contributed by atoms with Gasteiger partial charge in [-0.3, -0.25) is 9.67 Å². The van der Waals surface area contributed by atoms with Crippen LogP contribution in [0.25, 0.3) is 0 Å². The van der Waals surface area contributed by atoms with E-state index in [1.807, 2.05) is 16.9 Å². The molecule has 1 unspecified atom stereocenters. The summed E-state index contributed by atoms with van der Waals surface area (Å²) >= 11 is 0. The van der Waals surface area contributed by atoms with Gasteiger partial charge in [-0.25, -0.2) is 0 Å². The highest BCUT2D eigenvalue weighted by Crippen LogP contribution is 2.24. The Hall–Kier alpha value is -0.830. The molecule has 126 valence electrons. The molecule has 0 radical (unpaired) electrons. The van der Waals surface area contributed by atoms with Crippen LogP contribution in [-0.4, -0.2) is 47.6 Å². The maximum absolute atomic E-state index is 5.77. The van der Waals surface area contributed by atoms with E-state index in [9.17, 15) is 0 Å². The molecular weight excluding hydrogens is 393 g/mol. The Bertz CT molecular complexity index is 429. The second kappa shape index (κ2) is 10.0. The summed E-state index contributed by atoms with van der Waals surface area (Å²) in [6.45, 7) is 8.45. The van der Waals surface area contributed by atoms with Crippen molar-refractivity contribution >= 4 is 29.9 Å². The third-order valence-corrected chi connectivity index (χ3v) is 3.63. The van der Waals surface area contributed by atoms with Crippen molar-refractivity contribution in [2.75, 3.05) is 26.2 Å². The highest BCUT2D eigenvalue weighted by molar-refractivity contribution is 14.0. The Labute approximate surface area is 150 Å². The molecule has 0 amide bonds. The van der Waals surface area contributed by atoms with Crippen molar-refractivity contribution in [3.63, 3.8) is 0 Å². The van der Waals surface area contributed by atoms with E-state index in [1.54, 1.807) is 6.20 Å². The molecule has 1 aromatic rings. The first-order valence-electron chi connectivity index (χ1n) is 7.85. The van der Waals surface area contributed by atoms with Gasteiger partial charge in [0, 0.05) is 38.6 Å². The first-order chi connectivity index (χ1) is 10.2. The molecule has 2 rings (SSSR count). The molecule has 1 fully saturated rings. The van der Waals surface area contributed by atoms with E-state index in [4.69, 9.17) is 4.74 Å². The lowest BCUT2D eigenvalue weighted by atomic mass is 10.0. The van der Waals surface area contributed by atoms with E-state index >= 15 is 0 Å². The van der Waals surface area contributed by atoms with Crippen LogP contribution in [0.5, 0.6) is 0 Å². The van der Waals surface area contributed by atoms with E-state index in [2.05, 4.69) is 34.6 Å². The predicted molar refractivity (Wildman–Crippen MR) is 99.8 cm³/mol. The van der Waals surface area contributed by atoms with E-state index in [0.29, 0.717) is 6.54 Å². The summed E-state index contributed by atoms with van der Waals surface area (Å²) in [5.74, 6) is 0.870. The van der Waals surface area contributed by atoms with Gasteiger partial charge in [-0.2, -0.15) is 5.10 Å². The zero-order valence-electron chi connectivity index (χ0n) is 13.5. The van der Waals surface area contributed by atoms with Crippen LogP contribution >= 0.6 is 24.0 Å². The average Bonchev–Trinajstić information content (AvgIpc) is 3.13. The van der Waals surface area contributed by atoms with Gasteiger partial charge in [0.05, 0.1) is 12.1 Å². The molecule has 1 aliphatic heterocycles. The average molecular weight is 421 g/mol. The summed E-state index contributed by atoms with van der Waals surface area (Å²) in [7, 11) is 0. The molecule has 0 spiro atoms. The molecule has 0 bridgehead atoms. The number of aryl methyl sites for hydroxylation is 1. The number of aliphatic imine (C=N–C) groups is 1. The standard InChI is InChI=1S/C15H27N5O.HI/c1-3-16-14(18-13-15(2)7-4-12-21-15)17-8-5-10-20-11-6-9-19-20;/h6,9,11H,3-5,7-8,10,12-13H2,1-2H3,(H2,16,17,18);1H. The van der Waals surface area contributed by atoms with Gasteiger partial charge in [0.2, 0.25) is 0 Å². The molecule has 2 N–H and O–H groups in total. The van der Waals surface area contributed by atoms with Crippen molar-refractivity contribution < 1.29 is 4.74 Å². The quantitative estimate of drug-likeness (QED) is 0.306. The van der Waals surface area contributed by atoms with Crippen molar-refractivity contribution in [2.45, 2.75) is 45.3 Å². The van der Waals surface area contributed by atoms with Crippen molar-refractivity contribution in [3.8, 4) is 0 Å². The lowest BCUT2D eigenvalue weighted by molar-refractivity contribution is 0.0283.